The van der Waals surface area contributed by atoms with Crippen molar-refractivity contribution in [2.75, 3.05) is 0 Å². The van der Waals surface area contributed by atoms with Gasteiger partial charge < -0.3 is 9.84 Å². The molecule has 0 saturated heterocycles. The second-order valence-corrected chi connectivity index (χ2v) is 5.98. The maximum atomic E-state index is 5.41. The van der Waals surface area contributed by atoms with Gasteiger partial charge in [0.05, 0.1) is 0 Å². The van der Waals surface area contributed by atoms with Crippen LogP contribution in [-0.2, 0) is 19.4 Å². The standard InChI is InChI=1S/C13H22N2O/c1-9-5-6-12-10(7-9)11(15-16-12)8-14-13(2,3)4/h9,14H,5-8H2,1-4H3. The molecule has 1 aliphatic carbocycles. The van der Waals surface area contributed by atoms with Crippen molar-refractivity contribution in [3.05, 3.63) is 17.0 Å². The summed E-state index contributed by atoms with van der Waals surface area (Å²) in [5, 5.41) is 7.66. The molecule has 0 aliphatic heterocycles. The molecule has 0 aromatic carbocycles. The Morgan fingerprint density at radius 3 is 2.88 bits per heavy atom. The molecule has 0 fully saturated rings. The van der Waals surface area contributed by atoms with Crippen LogP contribution < -0.4 is 5.32 Å². The Morgan fingerprint density at radius 1 is 1.44 bits per heavy atom. The molecule has 0 amide bonds. The molecular formula is C13H22N2O. The lowest BCUT2D eigenvalue weighted by atomic mass is 9.88. The maximum Gasteiger partial charge on any atom is 0.140 e. The molecule has 0 radical (unpaired) electrons. The van der Waals surface area contributed by atoms with Crippen molar-refractivity contribution in [1.82, 2.24) is 10.5 Å². The van der Waals surface area contributed by atoms with Crippen molar-refractivity contribution in [3.8, 4) is 0 Å². The van der Waals surface area contributed by atoms with Gasteiger partial charge in [-0.15, -0.1) is 0 Å². The molecule has 0 spiro atoms. The summed E-state index contributed by atoms with van der Waals surface area (Å²) in [6.07, 6.45) is 3.41. The lowest BCUT2D eigenvalue weighted by molar-refractivity contribution is 0.349. The number of aromatic nitrogens is 1. The van der Waals surface area contributed by atoms with Gasteiger partial charge in [0.25, 0.3) is 0 Å². The van der Waals surface area contributed by atoms with E-state index in [1.807, 2.05) is 0 Å². The van der Waals surface area contributed by atoms with Crippen LogP contribution in [0.3, 0.4) is 0 Å². The number of hydrogen-bond acceptors (Lipinski definition) is 3. The first-order valence-electron chi connectivity index (χ1n) is 6.17. The van der Waals surface area contributed by atoms with Crippen LogP contribution >= 0.6 is 0 Å². The first-order chi connectivity index (χ1) is 7.46. The molecule has 1 atom stereocenters. The van der Waals surface area contributed by atoms with E-state index in [0.29, 0.717) is 0 Å². The molecule has 90 valence electrons. The Labute approximate surface area is 97.6 Å². The molecule has 1 unspecified atom stereocenters. The van der Waals surface area contributed by atoms with Crippen LogP contribution in [0.2, 0.25) is 0 Å². The first-order valence-corrected chi connectivity index (χ1v) is 6.17. The first kappa shape index (κ1) is 11.6. The fourth-order valence-corrected chi connectivity index (χ4v) is 2.13. The normalized spacial score (nSPS) is 20.9. The lowest BCUT2D eigenvalue weighted by Gasteiger charge is -2.21. The zero-order valence-corrected chi connectivity index (χ0v) is 10.8. The van der Waals surface area contributed by atoms with Gasteiger partial charge in [-0.3, -0.25) is 0 Å². The molecule has 3 heteroatoms. The summed E-state index contributed by atoms with van der Waals surface area (Å²) >= 11 is 0. The van der Waals surface area contributed by atoms with Crippen LogP contribution in [0, 0.1) is 5.92 Å². The summed E-state index contributed by atoms with van der Waals surface area (Å²) in [5.41, 5.74) is 2.60. The number of hydrogen-bond donors (Lipinski definition) is 1. The Morgan fingerprint density at radius 2 is 2.19 bits per heavy atom. The second kappa shape index (κ2) is 4.21. The van der Waals surface area contributed by atoms with E-state index in [4.69, 9.17) is 4.52 Å². The van der Waals surface area contributed by atoms with Crippen molar-refractivity contribution >= 4 is 0 Å². The summed E-state index contributed by atoms with van der Waals surface area (Å²) in [5.74, 6) is 1.88. The Kier molecular flexibility index (Phi) is 3.06. The molecular weight excluding hydrogens is 200 g/mol. The molecule has 2 rings (SSSR count). The van der Waals surface area contributed by atoms with Gasteiger partial charge in [-0.05, 0) is 39.5 Å². The Bertz CT molecular complexity index is 362. The minimum atomic E-state index is 0.131. The van der Waals surface area contributed by atoms with Gasteiger partial charge in [0, 0.05) is 24.1 Å². The van der Waals surface area contributed by atoms with E-state index in [2.05, 4.69) is 38.2 Å². The lowest BCUT2D eigenvalue weighted by Crippen LogP contribution is -2.35. The van der Waals surface area contributed by atoms with Crippen molar-refractivity contribution in [2.24, 2.45) is 5.92 Å². The SMILES string of the molecule is CC1CCc2onc(CNC(C)(C)C)c2C1. The number of nitrogens with one attached hydrogen (secondary N) is 1. The third-order valence-electron chi connectivity index (χ3n) is 3.15. The highest BCUT2D eigenvalue weighted by molar-refractivity contribution is 5.26. The summed E-state index contributed by atoms with van der Waals surface area (Å²) in [6, 6.07) is 0. The third-order valence-corrected chi connectivity index (χ3v) is 3.15. The molecule has 1 heterocycles. The number of rotatable bonds is 2. The summed E-state index contributed by atoms with van der Waals surface area (Å²) < 4.78 is 5.41. The third kappa shape index (κ3) is 2.64. The van der Waals surface area contributed by atoms with E-state index < -0.39 is 0 Å². The van der Waals surface area contributed by atoms with Gasteiger partial charge in [0.15, 0.2) is 0 Å². The van der Waals surface area contributed by atoms with E-state index in [1.54, 1.807) is 0 Å². The predicted octanol–water partition coefficient (Wildman–Crippen LogP) is 2.69. The van der Waals surface area contributed by atoms with Crippen molar-refractivity contribution in [1.29, 1.82) is 0 Å². The molecule has 0 bridgehead atoms. The van der Waals surface area contributed by atoms with Crippen LogP contribution in [0.5, 0.6) is 0 Å². The van der Waals surface area contributed by atoms with Crippen LogP contribution in [0.4, 0.5) is 0 Å². The van der Waals surface area contributed by atoms with Gasteiger partial charge in [0.1, 0.15) is 11.5 Å². The van der Waals surface area contributed by atoms with E-state index >= 15 is 0 Å². The van der Waals surface area contributed by atoms with Crippen LogP contribution in [0.15, 0.2) is 4.52 Å². The average molecular weight is 222 g/mol. The average Bonchev–Trinajstić information content (AvgIpc) is 2.56. The molecule has 1 aromatic heterocycles. The summed E-state index contributed by atoms with van der Waals surface area (Å²) in [6.45, 7) is 9.62. The topological polar surface area (TPSA) is 38.1 Å². The van der Waals surface area contributed by atoms with Crippen LogP contribution in [-0.4, -0.2) is 10.7 Å². The van der Waals surface area contributed by atoms with E-state index in [9.17, 15) is 0 Å². The number of fused-ring (bicyclic) bond motifs is 1. The Hall–Kier alpha value is -0.830. The second-order valence-electron chi connectivity index (χ2n) is 5.98. The highest BCUT2D eigenvalue weighted by atomic mass is 16.5. The maximum absolute atomic E-state index is 5.41. The minimum absolute atomic E-state index is 0.131. The highest BCUT2D eigenvalue weighted by Gasteiger charge is 2.23. The monoisotopic (exact) mass is 222 g/mol. The summed E-state index contributed by atoms with van der Waals surface area (Å²) in [7, 11) is 0. The van der Waals surface area contributed by atoms with Crippen molar-refractivity contribution in [3.63, 3.8) is 0 Å². The predicted molar refractivity (Wildman–Crippen MR) is 64.3 cm³/mol. The van der Waals surface area contributed by atoms with Gasteiger partial charge in [-0.1, -0.05) is 12.1 Å². The van der Waals surface area contributed by atoms with Gasteiger partial charge >= 0.3 is 0 Å². The van der Waals surface area contributed by atoms with Crippen molar-refractivity contribution in [2.45, 2.75) is 59.0 Å². The van der Waals surface area contributed by atoms with E-state index in [-0.39, 0.29) is 5.54 Å². The van der Waals surface area contributed by atoms with Crippen LogP contribution in [0.25, 0.3) is 0 Å². The fourth-order valence-electron chi connectivity index (χ4n) is 2.13. The number of nitrogens with zero attached hydrogens (tertiary/aromatic N) is 1. The van der Waals surface area contributed by atoms with Crippen LogP contribution in [0.1, 0.15) is 51.1 Å². The van der Waals surface area contributed by atoms with Gasteiger partial charge in [-0.25, -0.2) is 0 Å². The number of aryl methyl sites for hydroxylation is 1. The quantitative estimate of drug-likeness (QED) is 0.836. The van der Waals surface area contributed by atoms with Gasteiger partial charge in [-0.2, -0.15) is 0 Å². The molecule has 0 saturated carbocycles. The highest BCUT2D eigenvalue weighted by Crippen LogP contribution is 2.27. The van der Waals surface area contributed by atoms with Crippen molar-refractivity contribution < 1.29 is 4.52 Å². The smallest absolute Gasteiger partial charge is 0.140 e. The summed E-state index contributed by atoms with van der Waals surface area (Å²) in [4.78, 5) is 0. The van der Waals surface area contributed by atoms with E-state index in [0.717, 1.165) is 36.8 Å². The fraction of sp³-hybridized carbons (Fsp3) is 0.769. The molecule has 1 aliphatic rings. The zero-order chi connectivity index (χ0) is 11.8. The largest absolute Gasteiger partial charge is 0.361 e. The molecule has 16 heavy (non-hydrogen) atoms. The molecule has 1 aromatic rings. The molecule has 3 nitrogen and oxygen atoms in total. The van der Waals surface area contributed by atoms with E-state index in [1.165, 1.54) is 12.0 Å². The zero-order valence-electron chi connectivity index (χ0n) is 10.8. The minimum Gasteiger partial charge on any atom is -0.361 e. The molecule has 1 N–H and O–H groups in total. The Balaban J connectivity index is 2.08. The van der Waals surface area contributed by atoms with Gasteiger partial charge in [0.2, 0.25) is 0 Å².